The van der Waals surface area contributed by atoms with Crippen LogP contribution in [0.5, 0.6) is 0 Å². The van der Waals surface area contributed by atoms with Crippen LogP contribution in [-0.4, -0.2) is 86.3 Å². The molecule has 4 heterocycles. The Kier molecular flexibility index (Phi) is 6.90. The fourth-order valence-corrected chi connectivity index (χ4v) is 4.63. The average molecular weight is 459 g/mol. The van der Waals surface area contributed by atoms with Gasteiger partial charge in [0.05, 0.1) is 0 Å². The van der Waals surface area contributed by atoms with E-state index in [9.17, 15) is 4.79 Å². The molecule has 1 aromatic carbocycles. The van der Waals surface area contributed by atoms with E-state index >= 15 is 0 Å². The fraction of sp³-hybridized carbons (Fsp3) is 0.400. The lowest BCUT2D eigenvalue weighted by molar-refractivity contribution is -0.137. The average Bonchev–Trinajstić information content (AvgIpc) is 3.45. The Morgan fingerprint density at radius 3 is 2.44 bits per heavy atom. The molecule has 2 aromatic heterocycles. The molecule has 3 aromatic rings. The number of benzene rings is 1. The molecule has 2 aliphatic heterocycles. The molecule has 0 aliphatic carbocycles. The Labute approximate surface area is 199 Å². The standard InChI is InChI=1S/C25H30N8O/c34-25(32-15-13-30(14-16-32)10-4-7-21-5-2-1-3-6-21)22-8-11-31(12-9-22)23-17-24(28-19-27-23)33-20-26-18-29-33/h1-7,17-20,22H,8-16H2/b7-4+. The highest BCUT2D eigenvalue weighted by Gasteiger charge is 2.30. The highest BCUT2D eigenvalue weighted by molar-refractivity contribution is 5.79. The summed E-state index contributed by atoms with van der Waals surface area (Å²) in [6.07, 6.45) is 10.7. The van der Waals surface area contributed by atoms with Crippen LogP contribution in [0.2, 0.25) is 0 Å². The number of carbonyl (C=O) groups excluding carboxylic acids is 1. The second kappa shape index (κ2) is 10.6. The summed E-state index contributed by atoms with van der Waals surface area (Å²) in [7, 11) is 0. The van der Waals surface area contributed by atoms with Crippen LogP contribution in [0, 0.1) is 5.92 Å². The summed E-state index contributed by atoms with van der Waals surface area (Å²) >= 11 is 0. The van der Waals surface area contributed by atoms with Crippen molar-refractivity contribution >= 4 is 17.8 Å². The molecule has 176 valence electrons. The molecule has 0 bridgehead atoms. The molecule has 2 aliphatic rings. The largest absolute Gasteiger partial charge is 0.356 e. The predicted molar refractivity (Wildman–Crippen MR) is 130 cm³/mol. The minimum Gasteiger partial charge on any atom is -0.356 e. The second-order valence-corrected chi connectivity index (χ2v) is 8.77. The Hall–Kier alpha value is -3.59. The maximum Gasteiger partial charge on any atom is 0.225 e. The fourth-order valence-electron chi connectivity index (χ4n) is 4.63. The summed E-state index contributed by atoms with van der Waals surface area (Å²) in [4.78, 5) is 32.5. The summed E-state index contributed by atoms with van der Waals surface area (Å²) in [5, 5.41) is 4.13. The van der Waals surface area contributed by atoms with Gasteiger partial charge in [-0.15, -0.1) is 0 Å². The Balaban J connectivity index is 1.08. The number of rotatable bonds is 6. The van der Waals surface area contributed by atoms with Gasteiger partial charge in [0.15, 0.2) is 5.82 Å². The third-order valence-corrected chi connectivity index (χ3v) is 6.62. The first-order valence-electron chi connectivity index (χ1n) is 11.9. The van der Waals surface area contributed by atoms with Crippen LogP contribution >= 0.6 is 0 Å². The van der Waals surface area contributed by atoms with Crippen LogP contribution < -0.4 is 4.90 Å². The minimum absolute atomic E-state index is 0.0948. The molecule has 0 atom stereocenters. The van der Waals surface area contributed by atoms with E-state index in [4.69, 9.17) is 0 Å². The van der Waals surface area contributed by atoms with Crippen LogP contribution in [0.3, 0.4) is 0 Å². The van der Waals surface area contributed by atoms with Gasteiger partial charge in [-0.1, -0.05) is 42.5 Å². The van der Waals surface area contributed by atoms with Crippen molar-refractivity contribution in [1.29, 1.82) is 0 Å². The van der Waals surface area contributed by atoms with Crippen molar-refractivity contribution in [3.05, 3.63) is 67.0 Å². The Morgan fingerprint density at radius 1 is 0.941 bits per heavy atom. The zero-order chi connectivity index (χ0) is 23.2. The molecular weight excluding hydrogens is 428 g/mol. The van der Waals surface area contributed by atoms with Gasteiger partial charge >= 0.3 is 0 Å². The van der Waals surface area contributed by atoms with Gasteiger partial charge in [-0.3, -0.25) is 9.69 Å². The van der Waals surface area contributed by atoms with Crippen molar-refractivity contribution in [3.63, 3.8) is 0 Å². The lowest BCUT2D eigenvalue weighted by atomic mass is 9.95. The van der Waals surface area contributed by atoms with Gasteiger partial charge in [0.1, 0.15) is 24.8 Å². The van der Waals surface area contributed by atoms with E-state index in [1.807, 2.05) is 12.1 Å². The number of hydrogen-bond donors (Lipinski definition) is 0. The highest BCUT2D eigenvalue weighted by Crippen LogP contribution is 2.24. The van der Waals surface area contributed by atoms with Gasteiger partial charge in [0.25, 0.3) is 0 Å². The van der Waals surface area contributed by atoms with Crippen molar-refractivity contribution in [3.8, 4) is 5.82 Å². The van der Waals surface area contributed by atoms with Crippen molar-refractivity contribution in [2.75, 3.05) is 50.7 Å². The lowest BCUT2D eigenvalue weighted by Gasteiger charge is -2.38. The number of hydrogen-bond acceptors (Lipinski definition) is 7. The Bertz CT molecular complexity index is 1090. The third-order valence-electron chi connectivity index (χ3n) is 6.62. The Morgan fingerprint density at radius 2 is 1.71 bits per heavy atom. The van der Waals surface area contributed by atoms with E-state index in [-0.39, 0.29) is 5.92 Å². The third kappa shape index (κ3) is 5.31. The van der Waals surface area contributed by atoms with Gasteiger partial charge in [-0.25, -0.2) is 19.6 Å². The molecule has 0 N–H and O–H groups in total. The SMILES string of the molecule is O=C(C1CCN(c2cc(-n3cncn3)ncn2)CC1)N1CCN(C/C=C/c2ccccc2)CC1. The van der Waals surface area contributed by atoms with Gasteiger partial charge in [0.2, 0.25) is 5.91 Å². The maximum atomic E-state index is 13.1. The molecule has 34 heavy (non-hydrogen) atoms. The van der Waals surface area contributed by atoms with Crippen molar-refractivity contribution in [1.82, 2.24) is 34.5 Å². The van der Waals surface area contributed by atoms with Gasteiger partial charge in [-0.05, 0) is 18.4 Å². The number of piperazine rings is 1. The number of carbonyl (C=O) groups is 1. The van der Waals surface area contributed by atoms with Crippen molar-refractivity contribution in [2.24, 2.45) is 5.92 Å². The maximum absolute atomic E-state index is 13.1. The molecule has 9 nitrogen and oxygen atoms in total. The van der Waals surface area contributed by atoms with E-state index in [1.54, 1.807) is 17.3 Å². The summed E-state index contributed by atoms with van der Waals surface area (Å²) in [6, 6.07) is 12.3. The summed E-state index contributed by atoms with van der Waals surface area (Å²) in [6.45, 7) is 6.02. The smallest absolute Gasteiger partial charge is 0.225 e. The van der Waals surface area contributed by atoms with Gasteiger partial charge in [-0.2, -0.15) is 5.10 Å². The van der Waals surface area contributed by atoms with E-state index in [0.717, 1.165) is 64.5 Å². The van der Waals surface area contributed by atoms with Crippen LogP contribution in [-0.2, 0) is 4.79 Å². The number of nitrogens with zero attached hydrogens (tertiary/aromatic N) is 8. The zero-order valence-corrected chi connectivity index (χ0v) is 19.3. The van der Waals surface area contributed by atoms with E-state index < -0.39 is 0 Å². The second-order valence-electron chi connectivity index (χ2n) is 8.77. The van der Waals surface area contributed by atoms with Crippen molar-refractivity contribution in [2.45, 2.75) is 12.8 Å². The quantitative estimate of drug-likeness (QED) is 0.560. The molecule has 1 amide bonds. The number of anilines is 1. The zero-order valence-electron chi connectivity index (χ0n) is 19.3. The van der Waals surface area contributed by atoms with Crippen LogP contribution in [0.15, 0.2) is 61.5 Å². The van der Waals surface area contributed by atoms with Gasteiger partial charge < -0.3 is 9.80 Å². The van der Waals surface area contributed by atoms with Crippen molar-refractivity contribution < 1.29 is 4.79 Å². The summed E-state index contributed by atoms with van der Waals surface area (Å²) in [5.74, 6) is 1.96. The van der Waals surface area contributed by atoms with Crippen LogP contribution in [0.4, 0.5) is 5.82 Å². The molecule has 9 heteroatoms. The normalized spacial score (nSPS) is 18.0. The number of piperidine rings is 1. The molecule has 2 saturated heterocycles. The lowest BCUT2D eigenvalue weighted by Crippen LogP contribution is -2.51. The monoisotopic (exact) mass is 458 g/mol. The highest BCUT2D eigenvalue weighted by atomic mass is 16.2. The first kappa shape index (κ1) is 22.2. The topological polar surface area (TPSA) is 83.3 Å². The minimum atomic E-state index is 0.0948. The summed E-state index contributed by atoms with van der Waals surface area (Å²) < 4.78 is 1.62. The van der Waals surface area contributed by atoms with E-state index in [1.165, 1.54) is 11.9 Å². The molecule has 5 rings (SSSR count). The molecular formula is C25H30N8O. The van der Waals surface area contributed by atoms with E-state index in [2.05, 4.69) is 71.2 Å². The number of amides is 1. The van der Waals surface area contributed by atoms with Crippen LogP contribution in [0.1, 0.15) is 18.4 Å². The molecule has 2 fully saturated rings. The predicted octanol–water partition coefficient (Wildman–Crippen LogP) is 2.13. The first-order valence-corrected chi connectivity index (χ1v) is 11.9. The molecule has 0 saturated carbocycles. The molecule has 0 unspecified atom stereocenters. The van der Waals surface area contributed by atoms with Crippen LogP contribution in [0.25, 0.3) is 11.9 Å². The number of aromatic nitrogens is 5. The van der Waals surface area contributed by atoms with E-state index in [0.29, 0.717) is 11.7 Å². The molecule has 0 spiro atoms. The molecule has 0 radical (unpaired) electrons. The first-order chi connectivity index (χ1) is 16.8. The summed E-state index contributed by atoms with van der Waals surface area (Å²) in [5.41, 5.74) is 1.22. The van der Waals surface area contributed by atoms with Gasteiger partial charge in [0, 0.05) is 57.8 Å².